The number of fused-ring (bicyclic) bond motifs is 3. The summed E-state index contributed by atoms with van der Waals surface area (Å²) < 4.78 is 17.4. The summed E-state index contributed by atoms with van der Waals surface area (Å²) in [5.74, 6) is 1.21. The number of hydrogen-bond acceptors (Lipinski definition) is 5. The molecule has 0 unspecified atom stereocenters. The van der Waals surface area contributed by atoms with Crippen LogP contribution in [-0.2, 0) is 4.79 Å². The second kappa shape index (κ2) is 7.07. The quantitative estimate of drug-likeness (QED) is 0.424. The second-order valence-corrected chi connectivity index (χ2v) is 8.36. The fourth-order valence-electron chi connectivity index (χ4n) is 3.84. The van der Waals surface area contributed by atoms with Gasteiger partial charge in [-0.25, -0.2) is 0 Å². The minimum atomic E-state index is -0.606. The fraction of sp³-hybridized carbons (Fsp3) is 0.333. The molecule has 0 aromatic heterocycles. The molecule has 2 aliphatic rings. The molecule has 0 fully saturated rings. The first kappa shape index (κ1) is 19.2. The molecule has 29 heavy (non-hydrogen) atoms. The van der Waals surface area contributed by atoms with Gasteiger partial charge in [0.2, 0.25) is 0 Å². The number of esters is 1. The Labute approximate surface area is 170 Å². The first-order valence-corrected chi connectivity index (χ1v) is 9.70. The Morgan fingerprint density at radius 1 is 1.17 bits per heavy atom. The Balaban J connectivity index is 1.76. The standard InChI is InChI=1S/C24H24O5/c1-14(2)13-27-16-7-5-15(6-8-16)18-11-21(26)28-20-10-9-17-19(25)12-24(3,4)29-23(17)22(18)20/h5-10,18H,1,11-13H2,2-4H3/t18-/m1/s1. The van der Waals surface area contributed by atoms with Crippen molar-refractivity contribution in [2.75, 3.05) is 6.61 Å². The van der Waals surface area contributed by atoms with Crippen molar-refractivity contribution in [3.05, 3.63) is 65.2 Å². The molecule has 2 aromatic carbocycles. The van der Waals surface area contributed by atoms with Gasteiger partial charge >= 0.3 is 5.97 Å². The van der Waals surface area contributed by atoms with Crippen LogP contribution in [0.4, 0.5) is 0 Å². The van der Waals surface area contributed by atoms with E-state index in [0.29, 0.717) is 30.1 Å². The van der Waals surface area contributed by atoms with E-state index in [1.807, 2.05) is 45.0 Å². The van der Waals surface area contributed by atoms with Crippen LogP contribution in [-0.4, -0.2) is 24.0 Å². The van der Waals surface area contributed by atoms with Crippen molar-refractivity contribution in [2.24, 2.45) is 0 Å². The SMILES string of the molecule is C=C(C)COc1ccc([C@H]2CC(=O)Oc3ccc4c(c32)OC(C)(C)CC4=O)cc1. The molecule has 5 heteroatoms. The lowest BCUT2D eigenvalue weighted by atomic mass is 9.82. The van der Waals surface area contributed by atoms with Crippen LogP contribution in [0.1, 0.15) is 61.0 Å². The number of ketones is 1. The molecule has 0 bridgehead atoms. The van der Waals surface area contributed by atoms with Gasteiger partial charge in [0.25, 0.3) is 0 Å². The summed E-state index contributed by atoms with van der Waals surface area (Å²) in [6.45, 7) is 9.99. The number of hydrogen-bond donors (Lipinski definition) is 0. The molecule has 0 aliphatic carbocycles. The summed E-state index contributed by atoms with van der Waals surface area (Å²) in [5, 5.41) is 0. The summed E-state index contributed by atoms with van der Waals surface area (Å²) in [6, 6.07) is 11.0. The zero-order valence-electron chi connectivity index (χ0n) is 16.9. The first-order chi connectivity index (χ1) is 13.7. The van der Waals surface area contributed by atoms with Gasteiger partial charge in [-0.15, -0.1) is 0 Å². The van der Waals surface area contributed by atoms with Crippen LogP contribution in [0.15, 0.2) is 48.6 Å². The molecule has 2 aromatic rings. The zero-order valence-corrected chi connectivity index (χ0v) is 16.9. The van der Waals surface area contributed by atoms with Crippen molar-refractivity contribution in [1.29, 1.82) is 0 Å². The second-order valence-electron chi connectivity index (χ2n) is 8.36. The van der Waals surface area contributed by atoms with E-state index in [4.69, 9.17) is 14.2 Å². The highest BCUT2D eigenvalue weighted by Gasteiger charge is 2.39. The van der Waals surface area contributed by atoms with Crippen LogP contribution in [0.5, 0.6) is 17.2 Å². The third-order valence-electron chi connectivity index (χ3n) is 5.13. The average Bonchev–Trinajstić information content (AvgIpc) is 2.64. The molecule has 0 spiro atoms. The zero-order chi connectivity index (χ0) is 20.8. The van der Waals surface area contributed by atoms with E-state index in [-0.39, 0.29) is 24.1 Å². The number of carbonyl (C=O) groups is 2. The summed E-state index contributed by atoms with van der Waals surface area (Å²) in [4.78, 5) is 24.9. The maximum atomic E-state index is 12.7. The number of ether oxygens (including phenoxy) is 3. The molecule has 0 saturated heterocycles. The van der Waals surface area contributed by atoms with Crippen LogP contribution < -0.4 is 14.2 Å². The normalized spacial score (nSPS) is 19.5. The van der Waals surface area contributed by atoms with Crippen molar-refractivity contribution in [3.8, 4) is 17.2 Å². The Hall–Kier alpha value is -3.08. The van der Waals surface area contributed by atoms with Gasteiger partial charge in [0.15, 0.2) is 5.78 Å². The molecular weight excluding hydrogens is 368 g/mol. The predicted octanol–water partition coefficient (Wildman–Crippen LogP) is 4.83. The summed E-state index contributed by atoms with van der Waals surface area (Å²) in [5.41, 5.74) is 2.59. The van der Waals surface area contributed by atoms with E-state index in [1.54, 1.807) is 12.1 Å². The lowest BCUT2D eigenvalue weighted by molar-refractivity contribution is -0.135. The van der Waals surface area contributed by atoms with Gasteiger partial charge in [-0.1, -0.05) is 18.7 Å². The molecule has 2 heterocycles. The van der Waals surface area contributed by atoms with Crippen molar-refractivity contribution in [2.45, 2.75) is 45.1 Å². The van der Waals surface area contributed by atoms with Crippen molar-refractivity contribution in [3.63, 3.8) is 0 Å². The Morgan fingerprint density at radius 2 is 1.90 bits per heavy atom. The maximum Gasteiger partial charge on any atom is 0.312 e. The molecule has 1 atom stereocenters. The van der Waals surface area contributed by atoms with Crippen LogP contribution in [0, 0.1) is 0 Å². The van der Waals surface area contributed by atoms with Crippen molar-refractivity contribution in [1.82, 2.24) is 0 Å². The van der Waals surface area contributed by atoms with Gasteiger partial charge in [0, 0.05) is 11.5 Å². The highest BCUT2D eigenvalue weighted by molar-refractivity contribution is 6.01. The minimum absolute atomic E-state index is 0.0400. The monoisotopic (exact) mass is 392 g/mol. The largest absolute Gasteiger partial charge is 0.489 e. The van der Waals surface area contributed by atoms with Gasteiger partial charge in [0.05, 0.1) is 18.4 Å². The Morgan fingerprint density at radius 3 is 2.59 bits per heavy atom. The van der Waals surface area contributed by atoms with Gasteiger partial charge in [-0.2, -0.15) is 0 Å². The highest BCUT2D eigenvalue weighted by Crippen LogP contribution is 2.48. The summed E-state index contributed by atoms with van der Waals surface area (Å²) >= 11 is 0. The molecule has 0 amide bonds. The number of Topliss-reactive ketones (excluding diaryl/α,β-unsaturated/α-hetero) is 1. The molecule has 0 radical (unpaired) electrons. The number of carbonyl (C=O) groups excluding carboxylic acids is 2. The Bertz CT molecular complexity index is 1000. The predicted molar refractivity (Wildman–Crippen MR) is 109 cm³/mol. The van der Waals surface area contributed by atoms with E-state index in [0.717, 1.165) is 22.4 Å². The molecular formula is C24H24O5. The molecule has 4 rings (SSSR count). The smallest absolute Gasteiger partial charge is 0.312 e. The third kappa shape index (κ3) is 3.77. The third-order valence-corrected chi connectivity index (χ3v) is 5.13. The highest BCUT2D eigenvalue weighted by atomic mass is 16.5. The van der Waals surface area contributed by atoms with Gasteiger partial charge in [-0.05, 0) is 56.2 Å². The van der Waals surface area contributed by atoms with Gasteiger partial charge in [-0.3, -0.25) is 9.59 Å². The van der Waals surface area contributed by atoms with Crippen LogP contribution in [0.2, 0.25) is 0 Å². The molecule has 5 nitrogen and oxygen atoms in total. The lowest BCUT2D eigenvalue weighted by Gasteiger charge is -2.36. The van der Waals surface area contributed by atoms with E-state index < -0.39 is 5.60 Å². The first-order valence-electron chi connectivity index (χ1n) is 9.70. The van der Waals surface area contributed by atoms with E-state index in [1.165, 1.54) is 0 Å². The van der Waals surface area contributed by atoms with Gasteiger partial charge < -0.3 is 14.2 Å². The van der Waals surface area contributed by atoms with Gasteiger partial charge in [0.1, 0.15) is 29.5 Å². The number of benzene rings is 2. The lowest BCUT2D eigenvalue weighted by Crippen LogP contribution is -2.37. The minimum Gasteiger partial charge on any atom is -0.489 e. The number of rotatable bonds is 4. The van der Waals surface area contributed by atoms with Crippen molar-refractivity contribution >= 4 is 11.8 Å². The summed E-state index contributed by atoms with van der Waals surface area (Å²) in [7, 11) is 0. The topological polar surface area (TPSA) is 61.8 Å². The molecule has 0 saturated carbocycles. The molecule has 2 aliphatic heterocycles. The van der Waals surface area contributed by atoms with Crippen LogP contribution in [0.25, 0.3) is 0 Å². The van der Waals surface area contributed by atoms with Crippen molar-refractivity contribution < 1.29 is 23.8 Å². The Kier molecular flexibility index (Phi) is 4.69. The van der Waals surface area contributed by atoms with E-state index in [9.17, 15) is 9.59 Å². The van der Waals surface area contributed by atoms with Crippen LogP contribution >= 0.6 is 0 Å². The summed E-state index contributed by atoms with van der Waals surface area (Å²) in [6.07, 6.45) is 0.505. The van der Waals surface area contributed by atoms with Crippen LogP contribution in [0.3, 0.4) is 0 Å². The average molecular weight is 392 g/mol. The van der Waals surface area contributed by atoms with E-state index in [2.05, 4.69) is 6.58 Å². The fourth-order valence-corrected chi connectivity index (χ4v) is 3.84. The molecule has 150 valence electrons. The van der Waals surface area contributed by atoms with E-state index >= 15 is 0 Å². The maximum absolute atomic E-state index is 12.7. The molecule has 0 N–H and O–H groups in total.